The summed E-state index contributed by atoms with van der Waals surface area (Å²) < 4.78 is 0. The van der Waals surface area contributed by atoms with Gasteiger partial charge in [-0.3, -0.25) is 14.4 Å². The van der Waals surface area contributed by atoms with E-state index in [9.17, 15) is 14.4 Å². The van der Waals surface area contributed by atoms with E-state index < -0.39 is 0 Å². The van der Waals surface area contributed by atoms with E-state index in [0.29, 0.717) is 40.9 Å². The molecule has 31 heavy (non-hydrogen) atoms. The average molecular weight is 410 g/mol. The van der Waals surface area contributed by atoms with Crippen LogP contribution < -0.4 is 10.6 Å². The highest BCUT2D eigenvalue weighted by Gasteiger charge is 2.29. The van der Waals surface area contributed by atoms with Crippen LogP contribution in [0.4, 0.5) is 5.69 Å². The van der Waals surface area contributed by atoms with Crippen molar-refractivity contribution < 1.29 is 14.4 Å². The van der Waals surface area contributed by atoms with Crippen molar-refractivity contribution >= 4 is 23.2 Å². The molecule has 0 aromatic heterocycles. The summed E-state index contributed by atoms with van der Waals surface area (Å²) in [7, 11) is 0. The summed E-state index contributed by atoms with van der Waals surface area (Å²) in [5.74, 6) is -0.411. The predicted molar refractivity (Wildman–Crippen MR) is 120 cm³/mol. The van der Waals surface area contributed by atoms with E-state index in [1.807, 2.05) is 42.5 Å². The molecule has 5 heteroatoms. The first-order valence-electron chi connectivity index (χ1n) is 10.1. The Labute approximate surface area is 180 Å². The topological polar surface area (TPSA) is 75.3 Å². The highest BCUT2D eigenvalue weighted by Crippen LogP contribution is 2.27. The second kappa shape index (κ2) is 8.79. The zero-order valence-electron chi connectivity index (χ0n) is 17.1. The van der Waals surface area contributed by atoms with Crippen molar-refractivity contribution in [3.63, 3.8) is 0 Å². The van der Waals surface area contributed by atoms with Gasteiger partial charge in [0.05, 0.1) is 5.70 Å². The maximum Gasteiger partial charge on any atom is 0.251 e. The Morgan fingerprint density at radius 1 is 0.774 bits per heavy atom. The smallest absolute Gasteiger partial charge is 0.251 e. The first kappa shape index (κ1) is 20.3. The third kappa shape index (κ3) is 4.31. The number of allylic oxidation sites excluding steroid dienone is 2. The molecular weight excluding hydrogens is 388 g/mol. The van der Waals surface area contributed by atoms with Gasteiger partial charge in [-0.05, 0) is 43.2 Å². The summed E-state index contributed by atoms with van der Waals surface area (Å²) in [4.78, 5) is 37.6. The van der Waals surface area contributed by atoms with Crippen molar-refractivity contribution in [3.8, 4) is 0 Å². The number of fused-ring (bicyclic) bond motifs is 1. The van der Waals surface area contributed by atoms with E-state index in [1.54, 1.807) is 43.3 Å². The van der Waals surface area contributed by atoms with Gasteiger partial charge in [0.15, 0.2) is 5.78 Å². The molecule has 0 heterocycles. The van der Waals surface area contributed by atoms with Crippen molar-refractivity contribution in [3.05, 3.63) is 112 Å². The first-order chi connectivity index (χ1) is 15.0. The van der Waals surface area contributed by atoms with E-state index in [1.165, 1.54) is 0 Å². The van der Waals surface area contributed by atoms with E-state index in [0.717, 1.165) is 11.3 Å². The number of hydrogen-bond donors (Lipinski definition) is 2. The summed E-state index contributed by atoms with van der Waals surface area (Å²) in [6.45, 7) is 2.19. The molecule has 0 unspecified atom stereocenters. The first-order valence-corrected chi connectivity index (χ1v) is 10.1. The predicted octanol–water partition coefficient (Wildman–Crippen LogP) is 4.42. The van der Waals surface area contributed by atoms with E-state index in [2.05, 4.69) is 10.6 Å². The van der Waals surface area contributed by atoms with Crippen molar-refractivity contribution in [2.75, 3.05) is 11.9 Å². The van der Waals surface area contributed by atoms with Gasteiger partial charge in [-0.1, -0.05) is 54.6 Å². The lowest BCUT2D eigenvalue weighted by Gasteiger charge is -2.20. The molecule has 0 spiro atoms. The Bertz CT molecular complexity index is 1180. The van der Waals surface area contributed by atoms with Crippen LogP contribution in [-0.4, -0.2) is 24.0 Å². The van der Waals surface area contributed by atoms with E-state index in [-0.39, 0.29) is 17.5 Å². The van der Waals surface area contributed by atoms with Crippen molar-refractivity contribution in [2.45, 2.75) is 13.3 Å². The minimum absolute atomic E-state index is 0.0953. The molecule has 2 N–H and O–H groups in total. The van der Waals surface area contributed by atoms with Crippen LogP contribution in [0.2, 0.25) is 0 Å². The van der Waals surface area contributed by atoms with Crippen LogP contribution in [0.25, 0.3) is 0 Å². The monoisotopic (exact) mass is 410 g/mol. The fraction of sp³-hybridized carbons (Fsp3) is 0.115. The highest BCUT2D eigenvalue weighted by atomic mass is 16.2. The molecule has 0 atom stereocenters. The summed E-state index contributed by atoms with van der Waals surface area (Å²) in [6.07, 6.45) is 0.686. The number of amides is 1. The SMILES string of the molecule is CC1=C(Nc2ccc(CCNC(=O)c3ccccc3)cc2)C(=O)c2ccccc2C1=O. The third-order valence-corrected chi connectivity index (χ3v) is 5.32. The molecule has 3 aromatic rings. The molecular formula is C26H22N2O3. The Morgan fingerprint density at radius 3 is 2.06 bits per heavy atom. The Hall–Kier alpha value is -3.99. The zero-order chi connectivity index (χ0) is 21.8. The lowest BCUT2D eigenvalue weighted by Crippen LogP contribution is -2.25. The second-order valence-electron chi connectivity index (χ2n) is 7.40. The van der Waals surface area contributed by atoms with E-state index >= 15 is 0 Å². The standard InChI is InChI=1S/C26H22N2O3/c1-17-23(25(30)22-10-6-5-9-21(22)24(17)29)28-20-13-11-18(12-14-20)15-16-27-26(31)19-7-3-2-4-8-19/h2-14,28H,15-16H2,1H3,(H,27,31). The van der Waals surface area contributed by atoms with Gasteiger partial charge in [0, 0.05) is 34.5 Å². The van der Waals surface area contributed by atoms with Crippen molar-refractivity contribution in [1.29, 1.82) is 0 Å². The molecule has 154 valence electrons. The van der Waals surface area contributed by atoms with Crippen LogP contribution in [0.1, 0.15) is 43.6 Å². The number of ketones is 2. The Balaban J connectivity index is 1.39. The van der Waals surface area contributed by atoms with Crippen LogP contribution in [0, 0.1) is 0 Å². The van der Waals surface area contributed by atoms with E-state index in [4.69, 9.17) is 0 Å². The quantitative estimate of drug-likeness (QED) is 0.631. The van der Waals surface area contributed by atoms with Gasteiger partial charge in [0.25, 0.3) is 5.91 Å². The molecule has 4 rings (SSSR count). The number of benzene rings is 3. The van der Waals surface area contributed by atoms with Gasteiger partial charge in [-0.15, -0.1) is 0 Å². The number of Topliss-reactive ketones (excluding diaryl/α,β-unsaturated/α-hetero) is 2. The van der Waals surface area contributed by atoms with Gasteiger partial charge < -0.3 is 10.6 Å². The second-order valence-corrected chi connectivity index (χ2v) is 7.40. The Morgan fingerprint density at radius 2 is 1.39 bits per heavy atom. The van der Waals surface area contributed by atoms with Crippen molar-refractivity contribution in [1.82, 2.24) is 5.32 Å². The molecule has 0 fully saturated rings. The number of hydrogen-bond acceptors (Lipinski definition) is 4. The summed E-state index contributed by atoms with van der Waals surface area (Å²) >= 11 is 0. The zero-order valence-corrected chi connectivity index (χ0v) is 17.1. The average Bonchev–Trinajstić information content (AvgIpc) is 2.82. The maximum atomic E-state index is 12.9. The van der Waals surface area contributed by atoms with Gasteiger partial charge in [-0.2, -0.15) is 0 Å². The molecule has 0 radical (unpaired) electrons. The lowest BCUT2D eigenvalue weighted by molar-refractivity contribution is 0.0953. The summed E-state index contributed by atoms with van der Waals surface area (Å²) in [5.41, 5.74) is 4.02. The molecule has 1 aliphatic carbocycles. The molecule has 3 aromatic carbocycles. The molecule has 0 aliphatic heterocycles. The molecule has 5 nitrogen and oxygen atoms in total. The van der Waals surface area contributed by atoms with Gasteiger partial charge >= 0.3 is 0 Å². The van der Waals surface area contributed by atoms with Crippen molar-refractivity contribution in [2.24, 2.45) is 0 Å². The highest BCUT2D eigenvalue weighted by molar-refractivity contribution is 6.27. The summed E-state index contributed by atoms with van der Waals surface area (Å²) in [5, 5.41) is 6.02. The van der Waals surface area contributed by atoms with Gasteiger partial charge in [0.2, 0.25) is 5.78 Å². The minimum atomic E-state index is -0.180. The molecule has 0 saturated heterocycles. The lowest BCUT2D eigenvalue weighted by atomic mass is 9.88. The molecule has 1 aliphatic rings. The number of carbonyl (C=O) groups is 3. The molecule has 0 saturated carbocycles. The van der Waals surface area contributed by atoms with Crippen LogP contribution >= 0.6 is 0 Å². The van der Waals surface area contributed by atoms with Gasteiger partial charge in [-0.25, -0.2) is 0 Å². The van der Waals surface area contributed by atoms with Crippen LogP contribution in [0.5, 0.6) is 0 Å². The number of carbonyl (C=O) groups excluding carboxylic acids is 3. The number of anilines is 1. The fourth-order valence-corrected chi connectivity index (χ4v) is 3.56. The van der Waals surface area contributed by atoms with Gasteiger partial charge in [0.1, 0.15) is 0 Å². The maximum absolute atomic E-state index is 12.9. The fourth-order valence-electron chi connectivity index (χ4n) is 3.56. The van der Waals surface area contributed by atoms with Crippen LogP contribution in [0.15, 0.2) is 90.1 Å². The number of nitrogens with one attached hydrogen (secondary N) is 2. The summed E-state index contributed by atoms with van der Waals surface area (Å²) in [6, 6.07) is 23.6. The largest absolute Gasteiger partial charge is 0.352 e. The normalized spacial score (nSPS) is 13.1. The number of rotatable bonds is 6. The van der Waals surface area contributed by atoms with Crippen LogP contribution in [-0.2, 0) is 6.42 Å². The Kier molecular flexibility index (Phi) is 5.76. The van der Waals surface area contributed by atoms with Crippen LogP contribution in [0.3, 0.4) is 0 Å². The molecule has 0 bridgehead atoms. The third-order valence-electron chi connectivity index (χ3n) is 5.32. The molecule has 1 amide bonds. The minimum Gasteiger partial charge on any atom is -0.352 e.